The van der Waals surface area contributed by atoms with Gasteiger partial charge in [0.2, 0.25) is 0 Å². The summed E-state index contributed by atoms with van der Waals surface area (Å²) in [6.07, 6.45) is 41.8. The number of aliphatic hydroxyl groups excluding tert-OH is 1. The molecule has 0 aromatic rings. The van der Waals surface area contributed by atoms with Crippen molar-refractivity contribution in [2.45, 2.75) is 363 Å². The Labute approximate surface area is 543 Å². The van der Waals surface area contributed by atoms with E-state index in [0.717, 1.165) is 108 Å². The van der Waals surface area contributed by atoms with Gasteiger partial charge in [-0.2, -0.15) is 0 Å². The zero-order valence-corrected chi connectivity index (χ0v) is 59.8. The van der Waals surface area contributed by atoms with Crippen molar-refractivity contribution in [3.63, 3.8) is 0 Å². The van der Waals surface area contributed by atoms with Crippen molar-refractivity contribution < 1.29 is 80.2 Å². The standard InChI is InChI=1S/C70H136O17P2/c1-60(2)46-38-30-22-15-12-10-9-11-13-17-26-34-42-50-67(72)80-57-66(87-70(75)53-45-37-29-21-25-33-41-49-63(7)8)59-85-89(78,79)83-55-64(71)54-82-88(76,77)84-58-65(56-81-68(73)51-43-35-27-20-19-24-32-40-48-62(5)6)86-69(74)52-44-36-28-18-14-16-23-31-39-47-61(3)4/h60-66,71H,9-59H2,1-8H3,(H,76,77)(H,78,79)/t64?,65-,66-/m1/s1. The molecule has 0 bridgehead atoms. The van der Waals surface area contributed by atoms with Gasteiger partial charge in [-0.05, 0) is 49.4 Å². The largest absolute Gasteiger partial charge is 0.472 e. The Hall–Kier alpha value is -1.94. The van der Waals surface area contributed by atoms with E-state index in [1.807, 2.05) is 0 Å². The number of ether oxygens (including phenoxy) is 4. The Kier molecular flexibility index (Phi) is 58.5. The fraction of sp³-hybridized carbons (Fsp3) is 0.943. The van der Waals surface area contributed by atoms with Crippen LogP contribution in [0.2, 0.25) is 0 Å². The van der Waals surface area contributed by atoms with Gasteiger partial charge in [0.1, 0.15) is 19.3 Å². The van der Waals surface area contributed by atoms with Gasteiger partial charge in [0.25, 0.3) is 0 Å². The predicted molar refractivity (Wildman–Crippen MR) is 358 cm³/mol. The summed E-state index contributed by atoms with van der Waals surface area (Å²) in [5.74, 6) is 0.818. The van der Waals surface area contributed by atoms with Crippen molar-refractivity contribution in [2.24, 2.45) is 23.7 Å². The van der Waals surface area contributed by atoms with E-state index in [-0.39, 0.29) is 25.7 Å². The molecule has 0 saturated carbocycles. The zero-order chi connectivity index (χ0) is 66.1. The van der Waals surface area contributed by atoms with Crippen LogP contribution >= 0.6 is 15.6 Å². The SMILES string of the molecule is CC(C)CCCCCCCCCCCCCCCC(=O)OC[C@H](COP(=O)(O)OCC(O)COP(=O)(O)OC[C@@H](COC(=O)CCCCCCCCCCC(C)C)OC(=O)CCCCCCCCCCCC(C)C)OC(=O)CCCCCCCCCC(C)C. The monoisotopic (exact) mass is 1310 g/mol. The average Bonchev–Trinajstić information content (AvgIpc) is 3.62. The molecule has 0 aliphatic rings. The number of esters is 4. The van der Waals surface area contributed by atoms with Crippen LogP contribution in [0, 0.1) is 23.7 Å². The lowest BCUT2D eigenvalue weighted by molar-refractivity contribution is -0.161. The summed E-state index contributed by atoms with van der Waals surface area (Å²) in [6.45, 7) is 14.0. The van der Waals surface area contributed by atoms with E-state index in [2.05, 4.69) is 55.4 Å². The number of phosphoric ester groups is 2. The van der Waals surface area contributed by atoms with Crippen molar-refractivity contribution in [2.75, 3.05) is 39.6 Å². The van der Waals surface area contributed by atoms with Crippen LogP contribution in [0.3, 0.4) is 0 Å². The van der Waals surface area contributed by atoms with Gasteiger partial charge in [-0.25, -0.2) is 9.13 Å². The molecule has 0 aromatic heterocycles. The van der Waals surface area contributed by atoms with Gasteiger partial charge in [0.15, 0.2) is 12.2 Å². The molecule has 0 rings (SSSR count). The minimum Gasteiger partial charge on any atom is -0.462 e. The minimum absolute atomic E-state index is 0.103. The summed E-state index contributed by atoms with van der Waals surface area (Å²) in [7, 11) is -9.90. The molecule has 0 spiro atoms. The minimum atomic E-state index is -4.95. The average molecular weight is 1310 g/mol. The Morgan fingerprint density at radius 3 is 0.697 bits per heavy atom. The molecule has 0 aliphatic carbocycles. The molecule has 3 N–H and O–H groups in total. The summed E-state index contributed by atoms with van der Waals surface area (Å²) >= 11 is 0. The van der Waals surface area contributed by atoms with Gasteiger partial charge >= 0.3 is 39.5 Å². The quantitative estimate of drug-likeness (QED) is 0.0222. The molecule has 17 nitrogen and oxygen atoms in total. The normalized spacial score (nSPS) is 14.3. The lowest BCUT2D eigenvalue weighted by Crippen LogP contribution is -2.30. The first-order chi connectivity index (χ1) is 42.6. The highest BCUT2D eigenvalue weighted by Crippen LogP contribution is 2.45. The molecule has 0 radical (unpaired) electrons. The fourth-order valence-electron chi connectivity index (χ4n) is 10.5. The molecular weight excluding hydrogens is 1170 g/mol. The second kappa shape index (κ2) is 59.8. The number of rotatable bonds is 67. The first-order valence-electron chi connectivity index (χ1n) is 36.2. The highest BCUT2D eigenvalue weighted by Gasteiger charge is 2.30. The summed E-state index contributed by atoms with van der Waals surface area (Å²) in [5, 5.41) is 10.6. The molecule has 3 unspecified atom stereocenters. The number of hydrogen-bond acceptors (Lipinski definition) is 15. The lowest BCUT2D eigenvalue weighted by Gasteiger charge is -2.21. The van der Waals surface area contributed by atoms with Crippen LogP contribution < -0.4 is 0 Å². The van der Waals surface area contributed by atoms with Crippen LogP contribution in [0.4, 0.5) is 0 Å². The van der Waals surface area contributed by atoms with E-state index >= 15 is 0 Å². The third-order valence-electron chi connectivity index (χ3n) is 16.1. The lowest BCUT2D eigenvalue weighted by atomic mass is 10.0. The van der Waals surface area contributed by atoms with Crippen LogP contribution in [-0.2, 0) is 65.4 Å². The van der Waals surface area contributed by atoms with Crippen LogP contribution in [-0.4, -0.2) is 96.7 Å². The number of carbonyl (C=O) groups excluding carboxylic acids is 4. The van der Waals surface area contributed by atoms with Crippen molar-refractivity contribution >= 4 is 39.5 Å². The predicted octanol–water partition coefficient (Wildman–Crippen LogP) is 19.7. The van der Waals surface area contributed by atoms with Crippen molar-refractivity contribution in [3.8, 4) is 0 Å². The first kappa shape index (κ1) is 87.1. The number of hydrogen-bond donors (Lipinski definition) is 3. The Bertz CT molecular complexity index is 1760. The van der Waals surface area contributed by atoms with Crippen molar-refractivity contribution in [3.05, 3.63) is 0 Å². The second-order valence-corrected chi connectivity index (χ2v) is 30.1. The molecule has 0 amide bonds. The third-order valence-corrected chi connectivity index (χ3v) is 18.0. The molecule has 0 heterocycles. The van der Waals surface area contributed by atoms with Gasteiger partial charge < -0.3 is 33.8 Å². The molecule has 0 aliphatic heterocycles. The van der Waals surface area contributed by atoms with Gasteiger partial charge in [0.05, 0.1) is 26.4 Å². The van der Waals surface area contributed by atoms with Crippen LogP contribution in [0.25, 0.3) is 0 Å². The van der Waals surface area contributed by atoms with E-state index < -0.39 is 97.5 Å². The van der Waals surface area contributed by atoms with E-state index in [9.17, 15) is 43.2 Å². The van der Waals surface area contributed by atoms with Crippen LogP contribution in [0.5, 0.6) is 0 Å². The maximum Gasteiger partial charge on any atom is 0.472 e. The second-order valence-electron chi connectivity index (χ2n) is 27.2. The Morgan fingerprint density at radius 1 is 0.281 bits per heavy atom. The van der Waals surface area contributed by atoms with E-state index in [0.29, 0.717) is 31.6 Å². The Morgan fingerprint density at radius 2 is 0.472 bits per heavy atom. The van der Waals surface area contributed by atoms with Gasteiger partial charge in [-0.15, -0.1) is 0 Å². The maximum absolute atomic E-state index is 13.0. The van der Waals surface area contributed by atoms with E-state index in [1.54, 1.807) is 0 Å². The number of phosphoric acid groups is 2. The van der Waals surface area contributed by atoms with Gasteiger partial charge in [-0.1, -0.05) is 293 Å². The number of unbranched alkanes of at least 4 members (excludes halogenated alkanes) is 33. The molecule has 0 fully saturated rings. The van der Waals surface area contributed by atoms with E-state index in [1.165, 1.54) is 148 Å². The van der Waals surface area contributed by atoms with Crippen molar-refractivity contribution in [1.29, 1.82) is 0 Å². The van der Waals surface area contributed by atoms with Gasteiger partial charge in [0, 0.05) is 25.7 Å². The molecule has 19 heteroatoms. The smallest absolute Gasteiger partial charge is 0.462 e. The first-order valence-corrected chi connectivity index (χ1v) is 39.2. The molecule has 89 heavy (non-hydrogen) atoms. The highest BCUT2D eigenvalue weighted by atomic mass is 31.2. The Balaban J connectivity index is 5.22. The third kappa shape index (κ3) is 64.6. The molecule has 528 valence electrons. The topological polar surface area (TPSA) is 237 Å². The van der Waals surface area contributed by atoms with E-state index in [4.69, 9.17) is 37.0 Å². The molecular formula is C70H136O17P2. The van der Waals surface area contributed by atoms with Gasteiger partial charge in [-0.3, -0.25) is 37.3 Å². The molecule has 5 atom stereocenters. The zero-order valence-electron chi connectivity index (χ0n) is 58.1. The number of aliphatic hydroxyl groups is 1. The summed E-state index contributed by atoms with van der Waals surface area (Å²) in [4.78, 5) is 72.5. The molecule has 0 saturated heterocycles. The number of carbonyl (C=O) groups is 4. The highest BCUT2D eigenvalue weighted by molar-refractivity contribution is 7.47. The fourth-order valence-corrected chi connectivity index (χ4v) is 12.1. The summed E-state index contributed by atoms with van der Waals surface area (Å²) in [6, 6.07) is 0. The van der Waals surface area contributed by atoms with Crippen molar-refractivity contribution in [1.82, 2.24) is 0 Å². The van der Waals surface area contributed by atoms with Crippen LogP contribution in [0.1, 0.15) is 344 Å². The summed E-state index contributed by atoms with van der Waals surface area (Å²) < 4.78 is 68.2. The molecule has 0 aromatic carbocycles. The maximum atomic E-state index is 13.0. The summed E-state index contributed by atoms with van der Waals surface area (Å²) in [5.41, 5.74) is 0. The van der Waals surface area contributed by atoms with Crippen LogP contribution in [0.15, 0.2) is 0 Å².